The molecule has 0 radical (unpaired) electrons. The van der Waals surface area contributed by atoms with Crippen LogP contribution in [0.25, 0.3) is 0 Å². The summed E-state index contributed by atoms with van der Waals surface area (Å²) < 4.78 is 0. The van der Waals surface area contributed by atoms with Crippen molar-refractivity contribution >= 4 is 5.91 Å². The smallest absolute Gasteiger partial charge is 0.229 e. The van der Waals surface area contributed by atoms with Gasteiger partial charge in [0.15, 0.2) is 0 Å². The van der Waals surface area contributed by atoms with Gasteiger partial charge in [0.05, 0.1) is 5.41 Å². The first kappa shape index (κ1) is 12.9. The summed E-state index contributed by atoms with van der Waals surface area (Å²) >= 11 is 0. The van der Waals surface area contributed by atoms with Gasteiger partial charge in [0.25, 0.3) is 0 Å². The van der Waals surface area contributed by atoms with Crippen LogP contribution < -0.4 is 5.32 Å². The van der Waals surface area contributed by atoms with Gasteiger partial charge in [-0.15, -0.1) is 0 Å². The number of carbonyl (C=O) groups excluding carboxylic acids is 1. The Kier molecular flexibility index (Phi) is 3.76. The van der Waals surface area contributed by atoms with Gasteiger partial charge in [-0.1, -0.05) is 6.92 Å². The summed E-state index contributed by atoms with van der Waals surface area (Å²) in [7, 11) is 0. The fourth-order valence-electron chi connectivity index (χ4n) is 2.40. The van der Waals surface area contributed by atoms with Gasteiger partial charge in [0.1, 0.15) is 0 Å². The average Bonchev–Trinajstić information content (AvgIpc) is 3.10. The highest BCUT2D eigenvalue weighted by atomic mass is 16.2. The predicted molar refractivity (Wildman–Crippen MR) is 69.8 cm³/mol. The summed E-state index contributed by atoms with van der Waals surface area (Å²) in [6, 6.07) is 0.684. The van der Waals surface area contributed by atoms with Crippen LogP contribution >= 0.6 is 0 Å². The van der Waals surface area contributed by atoms with E-state index in [4.69, 9.17) is 0 Å². The second-order valence-electron chi connectivity index (χ2n) is 6.51. The zero-order valence-corrected chi connectivity index (χ0v) is 11.5. The largest absolute Gasteiger partial charge is 0.342 e. The minimum atomic E-state index is -0.247. The van der Waals surface area contributed by atoms with Gasteiger partial charge in [0.2, 0.25) is 5.91 Å². The van der Waals surface area contributed by atoms with Gasteiger partial charge in [0, 0.05) is 25.7 Å². The summed E-state index contributed by atoms with van der Waals surface area (Å²) in [5.41, 5.74) is -0.247. The minimum Gasteiger partial charge on any atom is -0.342 e. The van der Waals surface area contributed by atoms with Crippen LogP contribution in [0, 0.1) is 11.3 Å². The molecule has 0 spiro atoms. The van der Waals surface area contributed by atoms with Gasteiger partial charge in [-0.05, 0) is 45.4 Å². The van der Waals surface area contributed by atoms with Crippen LogP contribution in [0.4, 0.5) is 0 Å². The Bertz CT molecular complexity index is 276. The van der Waals surface area contributed by atoms with Crippen LogP contribution in [0.2, 0.25) is 0 Å². The zero-order valence-electron chi connectivity index (χ0n) is 11.5. The number of amides is 1. The van der Waals surface area contributed by atoms with E-state index >= 15 is 0 Å². The van der Waals surface area contributed by atoms with Crippen molar-refractivity contribution in [1.82, 2.24) is 10.2 Å². The van der Waals surface area contributed by atoms with Crippen molar-refractivity contribution in [3.63, 3.8) is 0 Å². The molecule has 1 aliphatic heterocycles. The molecule has 0 aromatic carbocycles. The van der Waals surface area contributed by atoms with Crippen molar-refractivity contribution < 1.29 is 4.79 Å². The van der Waals surface area contributed by atoms with E-state index in [2.05, 4.69) is 31.0 Å². The molecule has 1 N–H and O–H groups in total. The van der Waals surface area contributed by atoms with Crippen molar-refractivity contribution in [3.05, 3.63) is 0 Å². The highest BCUT2D eigenvalue weighted by molar-refractivity contribution is 5.82. The molecule has 0 unspecified atom stereocenters. The number of hydrogen-bond acceptors (Lipinski definition) is 2. The summed E-state index contributed by atoms with van der Waals surface area (Å²) in [5.74, 6) is 1.12. The molecule has 2 aliphatic rings. The van der Waals surface area contributed by atoms with Gasteiger partial charge in [-0.3, -0.25) is 4.79 Å². The Morgan fingerprint density at radius 2 is 1.82 bits per heavy atom. The third kappa shape index (κ3) is 3.44. The highest BCUT2D eigenvalue weighted by Crippen LogP contribution is 2.25. The number of hydrogen-bond donors (Lipinski definition) is 1. The van der Waals surface area contributed by atoms with Gasteiger partial charge in [-0.2, -0.15) is 0 Å². The molecule has 3 nitrogen and oxygen atoms in total. The van der Waals surface area contributed by atoms with E-state index in [9.17, 15) is 4.79 Å². The lowest BCUT2D eigenvalue weighted by atomic mass is 9.89. The number of piperidine rings is 1. The van der Waals surface area contributed by atoms with Gasteiger partial charge >= 0.3 is 0 Å². The number of likely N-dealkylation sites (tertiary alicyclic amines) is 1. The summed E-state index contributed by atoms with van der Waals surface area (Å²) in [6.07, 6.45) is 4.90. The Labute approximate surface area is 105 Å². The molecule has 1 saturated heterocycles. The topological polar surface area (TPSA) is 32.3 Å². The summed E-state index contributed by atoms with van der Waals surface area (Å²) in [5, 5.41) is 3.48. The van der Waals surface area contributed by atoms with Crippen molar-refractivity contribution in [2.45, 2.75) is 52.5 Å². The predicted octanol–water partition coefficient (Wildman–Crippen LogP) is 2.02. The Morgan fingerprint density at radius 1 is 1.24 bits per heavy atom. The summed E-state index contributed by atoms with van der Waals surface area (Å²) in [6.45, 7) is 9.15. The SMILES string of the molecule is CC1CCN(C(=O)C(C)(C)CNC2CC2)CC1. The van der Waals surface area contributed by atoms with Crippen LogP contribution in [0.3, 0.4) is 0 Å². The standard InChI is InChI=1S/C14H26N2O/c1-11-6-8-16(9-7-11)13(17)14(2,3)10-15-12-4-5-12/h11-12,15H,4-10H2,1-3H3. The highest BCUT2D eigenvalue weighted by Gasteiger charge is 2.34. The number of nitrogens with zero attached hydrogens (tertiary/aromatic N) is 1. The first-order valence-electron chi connectivity index (χ1n) is 7.02. The molecule has 1 amide bonds. The number of nitrogens with one attached hydrogen (secondary N) is 1. The number of rotatable bonds is 4. The minimum absolute atomic E-state index is 0.247. The van der Waals surface area contributed by atoms with Gasteiger partial charge < -0.3 is 10.2 Å². The number of carbonyl (C=O) groups is 1. The van der Waals surface area contributed by atoms with Gasteiger partial charge in [-0.25, -0.2) is 0 Å². The van der Waals surface area contributed by atoms with Crippen LogP contribution in [0.1, 0.15) is 46.5 Å². The van der Waals surface area contributed by atoms with Crippen molar-refractivity contribution in [2.24, 2.45) is 11.3 Å². The molecule has 0 aromatic heterocycles. The first-order valence-corrected chi connectivity index (χ1v) is 7.02. The fourth-order valence-corrected chi connectivity index (χ4v) is 2.40. The molecule has 98 valence electrons. The lowest BCUT2D eigenvalue weighted by Crippen LogP contribution is -2.48. The zero-order chi connectivity index (χ0) is 12.5. The molecule has 1 saturated carbocycles. The van der Waals surface area contributed by atoms with E-state index in [-0.39, 0.29) is 5.41 Å². The van der Waals surface area contributed by atoms with E-state index in [1.165, 1.54) is 12.8 Å². The Morgan fingerprint density at radius 3 is 2.35 bits per heavy atom. The van der Waals surface area contributed by atoms with E-state index in [1.807, 2.05) is 0 Å². The molecule has 1 aliphatic carbocycles. The molecule has 1 heterocycles. The fraction of sp³-hybridized carbons (Fsp3) is 0.929. The second kappa shape index (κ2) is 4.97. The monoisotopic (exact) mass is 238 g/mol. The lowest BCUT2D eigenvalue weighted by Gasteiger charge is -2.36. The third-order valence-corrected chi connectivity index (χ3v) is 4.06. The molecule has 2 rings (SSSR count). The molecule has 17 heavy (non-hydrogen) atoms. The molecule has 0 atom stereocenters. The van der Waals surface area contributed by atoms with E-state index in [1.54, 1.807) is 0 Å². The van der Waals surface area contributed by atoms with Crippen molar-refractivity contribution in [1.29, 1.82) is 0 Å². The van der Waals surface area contributed by atoms with Crippen LogP contribution in [0.5, 0.6) is 0 Å². The molecule has 0 bridgehead atoms. The molecule has 0 aromatic rings. The molecule has 3 heteroatoms. The second-order valence-corrected chi connectivity index (χ2v) is 6.51. The maximum Gasteiger partial charge on any atom is 0.229 e. The van der Waals surface area contributed by atoms with Crippen LogP contribution in [-0.2, 0) is 4.79 Å². The van der Waals surface area contributed by atoms with E-state index in [0.29, 0.717) is 11.9 Å². The van der Waals surface area contributed by atoms with E-state index in [0.717, 1.165) is 38.4 Å². The van der Waals surface area contributed by atoms with Crippen LogP contribution in [-0.4, -0.2) is 36.5 Å². The average molecular weight is 238 g/mol. The van der Waals surface area contributed by atoms with Crippen LogP contribution in [0.15, 0.2) is 0 Å². The van der Waals surface area contributed by atoms with Crippen molar-refractivity contribution in [3.8, 4) is 0 Å². The maximum absolute atomic E-state index is 12.4. The molecular weight excluding hydrogens is 212 g/mol. The first-order chi connectivity index (χ1) is 7.99. The normalized spacial score (nSPS) is 22.9. The maximum atomic E-state index is 12.4. The van der Waals surface area contributed by atoms with Crippen molar-refractivity contribution in [2.75, 3.05) is 19.6 Å². The Balaban J connectivity index is 1.83. The lowest BCUT2D eigenvalue weighted by molar-refractivity contribution is -0.141. The quantitative estimate of drug-likeness (QED) is 0.812. The molecular formula is C14H26N2O. The molecule has 2 fully saturated rings. The Hall–Kier alpha value is -0.570. The summed E-state index contributed by atoms with van der Waals surface area (Å²) in [4.78, 5) is 14.5. The third-order valence-electron chi connectivity index (χ3n) is 4.06. The van der Waals surface area contributed by atoms with E-state index < -0.39 is 0 Å².